The van der Waals surface area contributed by atoms with E-state index in [0.717, 1.165) is 13.0 Å². The number of hydrogen-bond acceptors (Lipinski definition) is 4. The topological polar surface area (TPSA) is 48.2 Å². The molecule has 1 aliphatic heterocycles. The lowest BCUT2D eigenvalue weighted by Crippen LogP contribution is -1.99. The predicted octanol–water partition coefficient (Wildman–Crippen LogP) is 1.23. The number of aromatic nitrogens is 2. The van der Waals surface area contributed by atoms with Crippen molar-refractivity contribution in [1.29, 1.82) is 0 Å². The van der Waals surface area contributed by atoms with Crippen molar-refractivity contribution < 1.29 is 9.26 Å². The molecule has 5 heteroatoms. The van der Waals surface area contributed by atoms with Crippen LogP contribution in [0.4, 0.5) is 0 Å². The van der Waals surface area contributed by atoms with Crippen molar-refractivity contribution in [3.8, 4) is 0 Å². The van der Waals surface area contributed by atoms with Gasteiger partial charge in [-0.2, -0.15) is 4.98 Å². The Labute approximate surface area is 68.5 Å². The molecule has 1 aromatic heterocycles. The summed E-state index contributed by atoms with van der Waals surface area (Å²) in [4.78, 5) is 3.90. The molecule has 0 radical (unpaired) electrons. The molecule has 1 atom stereocenters. The summed E-state index contributed by atoms with van der Waals surface area (Å²) in [6.07, 6.45) is 0.954. The van der Waals surface area contributed by atoms with Crippen LogP contribution in [0.15, 0.2) is 4.52 Å². The zero-order chi connectivity index (χ0) is 7.68. The molecule has 0 spiro atoms. The second-order valence-corrected chi connectivity index (χ2v) is 2.79. The second-order valence-electron chi connectivity index (χ2n) is 2.47. The van der Waals surface area contributed by atoms with Crippen LogP contribution < -0.4 is 0 Å². The molecule has 1 unspecified atom stereocenters. The molecule has 11 heavy (non-hydrogen) atoms. The van der Waals surface area contributed by atoms with E-state index in [1.807, 2.05) is 0 Å². The lowest BCUT2D eigenvalue weighted by Gasteiger charge is -1.96. The molecule has 0 N–H and O–H groups in total. The van der Waals surface area contributed by atoms with E-state index < -0.39 is 0 Å². The van der Waals surface area contributed by atoms with Gasteiger partial charge in [0.15, 0.2) is 5.82 Å². The van der Waals surface area contributed by atoms with Crippen molar-refractivity contribution in [2.75, 3.05) is 13.2 Å². The summed E-state index contributed by atoms with van der Waals surface area (Å²) in [5.41, 5.74) is 0. The first-order valence-corrected chi connectivity index (χ1v) is 3.81. The molecule has 2 rings (SSSR count). The minimum Gasteiger partial charge on any atom is -0.381 e. The quantitative estimate of drug-likeness (QED) is 0.643. The molecule has 0 bridgehead atoms. The molecule has 1 saturated heterocycles. The summed E-state index contributed by atoms with van der Waals surface area (Å²) in [7, 11) is 0. The predicted molar refractivity (Wildman–Crippen MR) is 37.5 cm³/mol. The van der Waals surface area contributed by atoms with Crippen LogP contribution in [-0.4, -0.2) is 23.4 Å². The first-order chi connectivity index (χ1) is 5.36. The van der Waals surface area contributed by atoms with Crippen LogP contribution in [0.1, 0.15) is 18.2 Å². The normalized spacial score (nSPS) is 24.3. The van der Waals surface area contributed by atoms with Gasteiger partial charge in [-0.3, -0.25) is 0 Å². The van der Waals surface area contributed by atoms with Crippen molar-refractivity contribution in [1.82, 2.24) is 10.1 Å². The summed E-state index contributed by atoms with van der Waals surface area (Å²) in [5, 5.41) is 3.80. The van der Waals surface area contributed by atoms with Gasteiger partial charge in [0.05, 0.1) is 6.61 Å². The highest BCUT2D eigenvalue weighted by Gasteiger charge is 2.22. The van der Waals surface area contributed by atoms with Gasteiger partial charge in [0.2, 0.25) is 0 Å². The molecule has 0 aromatic carbocycles. The average molecular weight is 175 g/mol. The van der Waals surface area contributed by atoms with Crippen molar-refractivity contribution >= 4 is 11.6 Å². The largest absolute Gasteiger partial charge is 0.381 e. The van der Waals surface area contributed by atoms with Crippen molar-refractivity contribution in [2.45, 2.75) is 12.3 Å². The van der Waals surface area contributed by atoms with Crippen LogP contribution in [0.5, 0.6) is 0 Å². The van der Waals surface area contributed by atoms with Crippen molar-refractivity contribution in [3.05, 3.63) is 11.2 Å². The Morgan fingerprint density at radius 1 is 1.55 bits per heavy atom. The maximum absolute atomic E-state index is 5.46. The van der Waals surface area contributed by atoms with E-state index in [9.17, 15) is 0 Å². The van der Waals surface area contributed by atoms with E-state index in [-0.39, 0.29) is 11.3 Å². The van der Waals surface area contributed by atoms with Crippen LogP contribution in [0.25, 0.3) is 0 Å². The Morgan fingerprint density at radius 2 is 2.45 bits per heavy atom. The van der Waals surface area contributed by atoms with Crippen LogP contribution in [0.2, 0.25) is 5.35 Å². The fourth-order valence-electron chi connectivity index (χ4n) is 1.12. The van der Waals surface area contributed by atoms with E-state index in [0.29, 0.717) is 12.4 Å². The molecule has 4 nitrogen and oxygen atoms in total. The SMILES string of the molecule is Clc1nc(C2CCOC2)no1. The van der Waals surface area contributed by atoms with Gasteiger partial charge in [-0.05, 0) is 18.0 Å². The first kappa shape index (κ1) is 7.06. The van der Waals surface area contributed by atoms with E-state index in [4.69, 9.17) is 16.3 Å². The van der Waals surface area contributed by atoms with Gasteiger partial charge in [0.25, 0.3) is 0 Å². The Hall–Kier alpha value is -0.610. The molecule has 0 saturated carbocycles. The molecular formula is C6H7ClN2O2. The molecule has 1 aliphatic rings. The summed E-state index contributed by atoms with van der Waals surface area (Å²) >= 11 is 5.46. The zero-order valence-electron chi connectivity index (χ0n) is 5.79. The Morgan fingerprint density at radius 3 is 3.00 bits per heavy atom. The lowest BCUT2D eigenvalue weighted by atomic mass is 10.1. The van der Waals surface area contributed by atoms with Gasteiger partial charge in [-0.15, -0.1) is 0 Å². The van der Waals surface area contributed by atoms with Crippen LogP contribution in [0, 0.1) is 0 Å². The average Bonchev–Trinajstić information content (AvgIpc) is 2.55. The first-order valence-electron chi connectivity index (χ1n) is 3.43. The molecular weight excluding hydrogens is 168 g/mol. The summed E-state index contributed by atoms with van der Waals surface area (Å²) in [5.74, 6) is 0.929. The molecule has 2 heterocycles. The Balaban J connectivity index is 2.15. The van der Waals surface area contributed by atoms with Gasteiger partial charge in [-0.1, -0.05) is 5.16 Å². The molecule has 0 aliphatic carbocycles. The third-order valence-corrected chi connectivity index (χ3v) is 1.87. The smallest absolute Gasteiger partial charge is 0.320 e. The summed E-state index contributed by atoms with van der Waals surface area (Å²) in [6.45, 7) is 1.45. The Kier molecular flexibility index (Phi) is 1.79. The van der Waals surface area contributed by atoms with E-state index in [1.54, 1.807) is 0 Å². The molecule has 0 amide bonds. The van der Waals surface area contributed by atoms with Gasteiger partial charge < -0.3 is 9.26 Å². The maximum atomic E-state index is 5.46. The molecule has 1 aromatic rings. The minimum atomic E-state index is 0.104. The summed E-state index contributed by atoms with van der Waals surface area (Å²) < 4.78 is 9.78. The second kappa shape index (κ2) is 2.79. The van der Waals surface area contributed by atoms with Crippen LogP contribution in [0.3, 0.4) is 0 Å². The van der Waals surface area contributed by atoms with Gasteiger partial charge in [-0.25, -0.2) is 0 Å². The van der Waals surface area contributed by atoms with Crippen LogP contribution >= 0.6 is 11.6 Å². The number of halogens is 1. The monoisotopic (exact) mass is 174 g/mol. The number of hydrogen-bond donors (Lipinski definition) is 0. The highest BCUT2D eigenvalue weighted by molar-refractivity contribution is 6.27. The highest BCUT2D eigenvalue weighted by Crippen LogP contribution is 2.23. The zero-order valence-corrected chi connectivity index (χ0v) is 6.54. The Bertz CT molecular complexity index is 244. The fourth-order valence-corrected chi connectivity index (χ4v) is 1.24. The number of rotatable bonds is 1. The summed E-state index contributed by atoms with van der Waals surface area (Å²) in [6, 6.07) is 0. The maximum Gasteiger partial charge on any atom is 0.320 e. The molecule has 60 valence electrons. The van der Waals surface area contributed by atoms with Gasteiger partial charge in [0.1, 0.15) is 0 Å². The van der Waals surface area contributed by atoms with Gasteiger partial charge in [0, 0.05) is 12.5 Å². The number of nitrogens with zero attached hydrogens (tertiary/aromatic N) is 2. The van der Waals surface area contributed by atoms with Crippen molar-refractivity contribution in [3.63, 3.8) is 0 Å². The van der Waals surface area contributed by atoms with E-state index in [2.05, 4.69) is 14.7 Å². The highest BCUT2D eigenvalue weighted by atomic mass is 35.5. The lowest BCUT2D eigenvalue weighted by molar-refractivity contribution is 0.192. The fraction of sp³-hybridized carbons (Fsp3) is 0.667. The third-order valence-electron chi connectivity index (χ3n) is 1.71. The van der Waals surface area contributed by atoms with Crippen LogP contribution in [-0.2, 0) is 4.74 Å². The standard InChI is InChI=1S/C6H7ClN2O2/c7-6-8-5(9-11-6)4-1-2-10-3-4/h4H,1-3H2. The van der Waals surface area contributed by atoms with E-state index >= 15 is 0 Å². The third kappa shape index (κ3) is 1.36. The number of ether oxygens (including phenoxy) is 1. The van der Waals surface area contributed by atoms with E-state index in [1.165, 1.54) is 0 Å². The molecule has 1 fully saturated rings. The van der Waals surface area contributed by atoms with Gasteiger partial charge >= 0.3 is 5.35 Å². The van der Waals surface area contributed by atoms with Crippen molar-refractivity contribution in [2.24, 2.45) is 0 Å². The minimum absolute atomic E-state index is 0.104.